The summed E-state index contributed by atoms with van der Waals surface area (Å²) >= 11 is 0. The van der Waals surface area contributed by atoms with E-state index in [-0.39, 0.29) is 29.3 Å². The third kappa shape index (κ3) is 3.62. The number of rotatable bonds is 5. The van der Waals surface area contributed by atoms with Crippen LogP contribution in [0.5, 0.6) is 0 Å². The number of aromatic nitrogens is 1. The van der Waals surface area contributed by atoms with Crippen LogP contribution in [0.25, 0.3) is 0 Å². The van der Waals surface area contributed by atoms with Crippen LogP contribution in [0, 0.1) is 0 Å². The van der Waals surface area contributed by atoms with Gasteiger partial charge in [0, 0.05) is 30.9 Å². The predicted molar refractivity (Wildman–Crippen MR) is 66.6 cm³/mol. The van der Waals surface area contributed by atoms with Gasteiger partial charge in [-0.25, -0.2) is 0 Å². The molecule has 0 radical (unpaired) electrons. The summed E-state index contributed by atoms with van der Waals surface area (Å²) in [6.07, 6.45) is 3.62. The quantitative estimate of drug-likeness (QED) is 0.255. The largest absolute Gasteiger partial charge is 0.409 e. The molecule has 0 saturated carbocycles. The highest BCUT2D eigenvalue weighted by Crippen LogP contribution is 1.99. The highest BCUT2D eigenvalue weighted by Gasteiger charge is 2.15. The van der Waals surface area contributed by atoms with Crippen molar-refractivity contribution in [3.05, 3.63) is 34.2 Å². The molecule has 1 amide bonds. The van der Waals surface area contributed by atoms with Crippen molar-refractivity contribution in [2.45, 2.75) is 25.8 Å². The van der Waals surface area contributed by atoms with Gasteiger partial charge in [0.25, 0.3) is 5.91 Å². The molecule has 1 heterocycles. The van der Waals surface area contributed by atoms with Crippen LogP contribution in [-0.4, -0.2) is 28.0 Å². The Morgan fingerprint density at radius 1 is 1.67 bits per heavy atom. The van der Waals surface area contributed by atoms with Gasteiger partial charge in [-0.05, 0) is 6.42 Å². The Hall–Kier alpha value is -2.31. The summed E-state index contributed by atoms with van der Waals surface area (Å²) in [4.78, 5) is 25.9. The summed E-state index contributed by atoms with van der Waals surface area (Å²) in [7, 11) is 0. The number of carbonyl (C=O) groups excluding carboxylic acids is 1. The van der Waals surface area contributed by atoms with Gasteiger partial charge < -0.3 is 21.2 Å². The number of oxime groups is 1. The second-order valence-corrected chi connectivity index (χ2v) is 3.80. The van der Waals surface area contributed by atoms with E-state index in [0.717, 1.165) is 0 Å². The summed E-state index contributed by atoms with van der Waals surface area (Å²) in [5, 5.41) is 14.0. The number of amidine groups is 1. The molecule has 18 heavy (non-hydrogen) atoms. The van der Waals surface area contributed by atoms with E-state index in [0.29, 0.717) is 6.42 Å². The van der Waals surface area contributed by atoms with Crippen molar-refractivity contribution in [2.24, 2.45) is 10.9 Å². The van der Waals surface area contributed by atoms with Gasteiger partial charge in [0.15, 0.2) is 5.43 Å². The van der Waals surface area contributed by atoms with Crippen molar-refractivity contribution < 1.29 is 10.0 Å². The van der Waals surface area contributed by atoms with Gasteiger partial charge in [-0.15, -0.1) is 0 Å². The van der Waals surface area contributed by atoms with Crippen LogP contribution in [0.15, 0.2) is 28.4 Å². The maximum absolute atomic E-state index is 11.8. The molecule has 98 valence electrons. The topological polar surface area (TPSA) is 121 Å². The van der Waals surface area contributed by atoms with Gasteiger partial charge in [-0.3, -0.25) is 9.59 Å². The highest BCUT2D eigenvalue weighted by atomic mass is 16.4. The lowest BCUT2D eigenvalue weighted by molar-refractivity contribution is 0.0935. The number of nitrogens with one attached hydrogen (secondary N) is 2. The number of amides is 1. The molecule has 0 aromatic carbocycles. The summed E-state index contributed by atoms with van der Waals surface area (Å²) in [5.74, 6) is -0.446. The molecule has 1 aromatic heterocycles. The normalized spacial score (nSPS) is 13.1. The van der Waals surface area contributed by atoms with Crippen molar-refractivity contribution in [3.8, 4) is 0 Å². The second-order valence-electron chi connectivity index (χ2n) is 3.80. The molecule has 7 nitrogen and oxygen atoms in total. The van der Waals surface area contributed by atoms with E-state index in [9.17, 15) is 9.59 Å². The Morgan fingerprint density at radius 3 is 2.94 bits per heavy atom. The van der Waals surface area contributed by atoms with Crippen LogP contribution in [0.2, 0.25) is 0 Å². The standard InChI is InChI=1S/C11H16N4O3/c1-2-7(5-10(12)15-18)14-11(17)8-6-13-4-3-9(8)16/h3-4,6-7,18H,2,5H2,1H3,(H2,12,15)(H,13,16)(H,14,17). The molecule has 5 N–H and O–H groups in total. The number of nitrogens with two attached hydrogens (primary N) is 1. The lowest BCUT2D eigenvalue weighted by atomic mass is 10.1. The molecule has 1 unspecified atom stereocenters. The minimum absolute atomic E-state index is 0.0316. The van der Waals surface area contributed by atoms with E-state index in [1.807, 2.05) is 6.92 Å². The minimum Gasteiger partial charge on any atom is -0.409 e. The lowest BCUT2D eigenvalue weighted by Crippen LogP contribution is -2.39. The van der Waals surface area contributed by atoms with Crippen molar-refractivity contribution in [3.63, 3.8) is 0 Å². The Kier molecular flexibility index (Phi) is 4.91. The fourth-order valence-corrected chi connectivity index (χ4v) is 1.45. The van der Waals surface area contributed by atoms with Crippen molar-refractivity contribution in [1.82, 2.24) is 10.3 Å². The summed E-state index contributed by atoms with van der Waals surface area (Å²) in [6, 6.07) is 0.993. The third-order valence-corrected chi connectivity index (χ3v) is 2.48. The predicted octanol–water partition coefficient (Wildman–Crippen LogP) is 0.0198. The van der Waals surface area contributed by atoms with Gasteiger partial charge in [-0.1, -0.05) is 12.1 Å². The first-order valence-corrected chi connectivity index (χ1v) is 5.52. The summed E-state index contributed by atoms with van der Waals surface area (Å²) < 4.78 is 0. The van der Waals surface area contributed by atoms with Crippen molar-refractivity contribution >= 4 is 11.7 Å². The first-order chi connectivity index (χ1) is 8.58. The first-order valence-electron chi connectivity index (χ1n) is 5.52. The average Bonchev–Trinajstić information content (AvgIpc) is 2.38. The van der Waals surface area contributed by atoms with Gasteiger partial charge in [0.05, 0.1) is 0 Å². The van der Waals surface area contributed by atoms with Crippen LogP contribution < -0.4 is 16.5 Å². The number of pyridine rings is 1. The van der Waals surface area contributed by atoms with E-state index >= 15 is 0 Å². The molecular weight excluding hydrogens is 236 g/mol. The van der Waals surface area contributed by atoms with E-state index < -0.39 is 5.91 Å². The fraction of sp³-hybridized carbons (Fsp3) is 0.364. The number of hydrogen-bond donors (Lipinski definition) is 4. The first kappa shape index (κ1) is 13.8. The molecular formula is C11H16N4O3. The zero-order valence-electron chi connectivity index (χ0n) is 10.0. The number of nitrogens with zero attached hydrogens (tertiary/aromatic N) is 1. The molecule has 0 bridgehead atoms. The maximum Gasteiger partial charge on any atom is 0.256 e. The van der Waals surface area contributed by atoms with Crippen LogP contribution in [-0.2, 0) is 0 Å². The molecule has 0 aliphatic carbocycles. The smallest absolute Gasteiger partial charge is 0.256 e. The monoisotopic (exact) mass is 252 g/mol. The molecule has 1 aromatic rings. The SMILES string of the molecule is CCC(C/C(N)=N/O)NC(=O)c1c[nH]ccc1=O. The molecule has 1 atom stereocenters. The van der Waals surface area contributed by atoms with Crippen LogP contribution in [0.1, 0.15) is 30.1 Å². The van der Waals surface area contributed by atoms with Crippen LogP contribution >= 0.6 is 0 Å². The van der Waals surface area contributed by atoms with E-state index in [1.54, 1.807) is 0 Å². The molecule has 0 saturated heterocycles. The zero-order valence-corrected chi connectivity index (χ0v) is 10.0. The Labute approximate surface area is 104 Å². The fourth-order valence-electron chi connectivity index (χ4n) is 1.45. The summed E-state index contributed by atoms with van der Waals surface area (Å²) in [6.45, 7) is 1.85. The van der Waals surface area contributed by atoms with Crippen LogP contribution in [0.4, 0.5) is 0 Å². The Bertz CT molecular complexity index is 495. The second kappa shape index (κ2) is 6.43. The van der Waals surface area contributed by atoms with Crippen molar-refractivity contribution in [2.75, 3.05) is 0 Å². The Morgan fingerprint density at radius 2 is 2.39 bits per heavy atom. The summed E-state index contributed by atoms with van der Waals surface area (Å²) in [5.41, 5.74) is 5.06. The van der Waals surface area contributed by atoms with E-state index in [1.165, 1.54) is 18.5 Å². The van der Waals surface area contributed by atoms with E-state index in [2.05, 4.69) is 15.5 Å². The molecule has 0 spiro atoms. The van der Waals surface area contributed by atoms with Crippen LogP contribution in [0.3, 0.4) is 0 Å². The third-order valence-electron chi connectivity index (χ3n) is 2.48. The average molecular weight is 252 g/mol. The molecule has 7 heteroatoms. The lowest BCUT2D eigenvalue weighted by Gasteiger charge is -2.15. The van der Waals surface area contributed by atoms with E-state index in [4.69, 9.17) is 10.9 Å². The molecule has 1 rings (SSSR count). The van der Waals surface area contributed by atoms with Gasteiger partial charge >= 0.3 is 0 Å². The molecule has 0 fully saturated rings. The van der Waals surface area contributed by atoms with Gasteiger partial charge in [-0.2, -0.15) is 0 Å². The molecule has 0 aliphatic heterocycles. The minimum atomic E-state index is -0.477. The highest BCUT2D eigenvalue weighted by molar-refractivity contribution is 5.94. The maximum atomic E-state index is 11.8. The number of aromatic amines is 1. The number of H-pyrrole nitrogens is 1. The van der Waals surface area contributed by atoms with Gasteiger partial charge in [0.2, 0.25) is 0 Å². The number of carbonyl (C=O) groups is 1. The van der Waals surface area contributed by atoms with Gasteiger partial charge in [0.1, 0.15) is 11.4 Å². The van der Waals surface area contributed by atoms with Crippen molar-refractivity contribution in [1.29, 1.82) is 0 Å². The number of hydrogen-bond acceptors (Lipinski definition) is 4. The molecule has 0 aliphatic rings. The zero-order chi connectivity index (χ0) is 13.5. The Balaban J connectivity index is 2.74.